The van der Waals surface area contributed by atoms with Gasteiger partial charge in [-0.2, -0.15) is 0 Å². The van der Waals surface area contributed by atoms with Crippen molar-refractivity contribution in [1.29, 1.82) is 0 Å². The number of hydrogen-bond donors (Lipinski definition) is 1. The Labute approximate surface area is 132 Å². The quantitative estimate of drug-likeness (QED) is 0.483. The monoisotopic (exact) mass is 319 g/mol. The van der Waals surface area contributed by atoms with Crippen LogP contribution in [0.1, 0.15) is 41.0 Å². The van der Waals surface area contributed by atoms with E-state index >= 15 is 0 Å². The third-order valence-electron chi connectivity index (χ3n) is 3.44. The molecular weight excluding hydrogens is 302 g/mol. The van der Waals surface area contributed by atoms with Crippen LogP contribution in [0.25, 0.3) is 0 Å². The minimum absolute atomic E-state index is 0.00629. The second kappa shape index (κ2) is 6.55. The van der Waals surface area contributed by atoms with Gasteiger partial charge in [0.25, 0.3) is 17.5 Å². The van der Waals surface area contributed by atoms with Crippen LogP contribution in [0.3, 0.4) is 0 Å². The molecule has 0 unspecified atom stereocenters. The van der Waals surface area contributed by atoms with E-state index in [4.69, 9.17) is 0 Å². The first-order valence-corrected chi connectivity index (χ1v) is 7.23. The van der Waals surface area contributed by atoms with E-state index in [9.17, 15) is 24.5 Å². The number of nitrogens with one attached hydrogen (secondary N) is 1. The van der Waals surface area contributed by atoms with Crippen molar-refractivity contribution >= 4 is 23.4 Å². The molecule has 1 heterocycles. The first kappa shape index (κ1) is 16.6. The van der Waals surface area contributed by atoms with Gasteiger partial charge < -0.3 is 5.32 Å². The van der Waals surface area contributed by atoms with E-state index in [1.807, 2.05) is 13.8 Å². The lowest BCUT2D eigenvalue weighted by molar-refractivity contribution is -0.385. The summed E-state index contributed by atoms with van der Waals surface area (Å²) in [7, 11) is 0. The fraction of sp³-hybridized carbons (Fsp3) is 0.400. The summed E-state index contributed by atoms with van der Waals surface area (Å²) >= 11 is 0. The standard InChI is InChI=1S/C15H17N3O5/c1-9(2)8-16-12(19)6-7-17-14(20)10-4-3-5-11(18(22)23)13(10)15(17)21/h3-5,9H,6-8H2,1-2H3,(H,16,19). The molecule has 23 heavy (non-hydrogen) atoms. The van der Waals surface area contributed by atoms with Crippen LogP contribution in [0.15, 0.2) is 18.2 Å². The Morgan fingerprint density at radius 3 is 2.61 bits per heavy atom. The third kappa shape index (κ3) is 3.36. The summed E-state index contributed by atoms with van der Waals surface area (Å²) in [6, 6.07) is 3.92. The summed E-state index contributed by atoms with van der Waals surface area (Å²) in [4.78, 5) is 47.4. The van der Waals surface area contributed by atoms with Gasteiger partial charge in [0.2, 0.25) is 5.91 Å². The van der Waals surface area contributed by atoms with Gasteiger partial charge in [0.15, 0.2) is 0 Å². The lowest BCUT2D eigenvalue weighted by Gasteiger charge is -2.14. The highest BCUT2D eigenvalue weighted by atomic mass is 16.6. The van der Waals surface area contributed by atoms with Crippen LogP contribution >= 0.6 is 0 Å². The molecular formula is C15H17N3O5. The van der Waals surface area contributed by atoms with Gasteiger partial charge in [-0.3, -0.25) is 29.4 Å². The lowest BCUT2D eigenvalue weighted by Crippen LogP contribution is -2.35. The highest BCUT2D eigenvalue weighted by molar-refractivity contribution is 6.23. The number of hydrogen-bond acceptors (Lipinski definition) is 5. The average Bonchev–Trinajstić information content (AvgIpc) is 2.74. The van der Waals surface area contributed by atoms with Crippen LogP contribution < -0.4 is 5.32 Å². The van der Waals surface area contributed by atoms with Crippen molar-refractivity contribution in [3.05, 3.63) is 39.4 Å². The first-order chi connectivity index (χ1) is 10.8. The van der Waals surface area contributed by atoms with Gasteiger partial charge >= 0.3 is 0 Å². The molecule has 0 bridgehead atoms. The summed E-state index contributed by atoms with van der Waals surface area (Å²) in [5.41, 5.74) is -0.593. The van der Waals surface area contributed by atoms with Crippen molar-refractivity contribution < 1.29 is 19.3 Å². The molecule has 8 nitrogen and oxygen atoms in total. The van der Waals surface area contributed by atoms with Crippen LogP contribution in [-0.2, 0) is 4.79 Å². The molecule has 0 spiro atoms. The van der Waals surface area contributed by atoms with Crippen molar-refractivity contribution in [3.63, 3.8) is 0 Å². The summed E-state index contributed by atoms with van der Waals surface area (Å²) in [6.45, 7) is 4.30. The predicted octanol–water partition coefficient (Wildman–Crippen LogP) is 1.35. The molecule has 0 aliphatic carbocycles. The minimum atomic E-state index is -0.728. The molecule has 8 heteroatoms. The predicted molar refractivity (Wildman–Crippen MR) is 80.9 cm³/mol. The van der Waals surface area contributed by atoms with Crippen LogP contribution in [0.2, 0.25) is 0 Å². The molecule has 0 aromatic heterocycles. The molecule has 1 N–H and O–H groups in total. The fourth-order valence-electron chi connectivity index (χ4n) is 2.29. The van der Waals surface area contributed by atoms with E-state index in [0.29, 0.717) is 12.5 Å². The topological polar surface area (TPSA) is 110 Å². The number of amides is 3. The Balaban J connectivity index is 2.11. The largest absolute Gasteiger partial charge is 0.356 e. The zero-order valence-electron chi connectivity index (χ0n) is 12.9. The van der Waals surface area contributed by atoms with E-state index in [2.05, 4.69) is 5.32 Å². The second-order valence-corrected chi connectivity index (χ2v) is 5.67. The molecule has 1 aromatic rings. The second-order valence-electron chi connectivity index (χ2n) is 5.67. The molecule has 0 saturated heterocycles. The van der Waals surface area contributed by atoms with Gasteiger partial charge in [0, 0.05) is 25.6 Å². The molecule has 1 aromatic carbocycles. The average molecular weight is 319 g/mol. The Bertz CT molecular complexity index is 684. The molecule has 0 atom stereocenters. The first-order valence-electron chi connectivity index (χ1n) is 7.23. The third-order valence-corrected chi connectivity index (χ3v) is 3.44. The van der Waals surface area contributed by atoms with E-state index in [-0.39, 0.29) is 30.0 Å². The number of imide groups is 1. The smallest absolute Gasteiger partial charge is 0.282 e. The normalized spacial score (nSPS) is 13.4. The minimum Gasteiger partial charge on any atom is -0.356 e. The van der Waals surface area contributed by atoms with E-state index in [1.54, 1.807) is 0 Å². The van der Waals surface area contributed by atoms with Gasteiger partial charge in [-0.1, -0.05) is 19.9 Å². The maximum Gasteiger partial charge on any atom is 0.282 e. The van der Waals surface area contributed by atoms with Crippen LogP contribution in [0.4, 0.5) is 5.69 Å². The van der Waals surface area contributed by atoms with E-state index in [0.717, 1.165) is 4.90 Å². The van der Waals surface area contributed by atoms with Gasteiger partial charge in [-0.05, 0) is 12.0 Å². The van der Waals surface area contributed by atoms with Crippen molar-refractivity contribution in [2.45, 2.75) is 20.3 Å². The summed E-state index contributed by atoms with van der Waals surface area (Å²) in [5.74, 6) is -1.31. The molecule has 2 rings (SSSR count). The Morgan fingerprint density at radius 1 is 1.30 bits per heavy atom. The summed E-state index contributed by atoms with van der Waals surface area (Å²) in [5, 5.41) is 13.7. The van der Waals surface area contributed by atoms with Gasteiger partial charge in [-0.25, -0.2) is 0 Å². The molecule has 1 aliphatic heterocycles. The van der Waals surface area contributed by atoms with Gasteiger partial charge in [0.05, 0.1) is 10.5 Å². The zero-order chi connectivity index (χ0) is 17.1. The highest BCUT2D eigenvalue weighted by Crippen LogP contribution is 2.30. The molecule has 0 saturated carbocycles. The molecule has 1 aliphatic rings. The van der Waals surface area contributed by atoms with Gasteiger partial charge in [0.1, 0.15) is 5.56 Å². The fourth-order valence-corrected chi connectivity index (χ4v) is 2.29. The number of rotatable bonds is 6. The van der Waals surface area contributed by atoms with Crippen molar-refractivity contribution in [1.82, 2.24) is 10.2 Å². The van der Waals surface area contributed by atoms with E-state index in [1.165, 1.54) is 18.2 Å². The molecule has 0 fully saturated rings. The Morgan fingerprint density at radius 2 is 2.00 bits per heavy atom. The maximum absolute atomic E-state index is 12.3. The summed E-state index contributed by atoms with van der Waals surface area (Å²) < 4.78 is 0. The number of nitro groups is 1. The number of nitrogens with zero attached hydrogens (tertiary/aromatic N) is 2. The van der Waals surface area contributed by atoms with Crippen molar-refractivity contribution in [3.8, 4) is 0 Å². The molecule has 3 amide bonds. The number of fused-ring (bicyclic) bond motifs is 1. The zero-order valence-corrected chi connectivity index (χ0v) is 12.9. The highest BCUT2D eigenvalue weighted by Gasteiger charge is 2.40. The maximum atomic E-state index is 12.3. The lowest BCUT2D eigenvalue weighted by atomic mass is 10.1. The Hall–Kier alpha value is -2.77. The number of carbonyl (C=O) groups is 3. The van der Waals surface area contributed by atoms with Crippen molar-refractivity contribution in [2.75, 3.05) is 13.1 Å². The molecule has 0 radical (unpaired) electrons. The number of benzene rings is 1. The van der Waals surface area contributed by atoms with E-state index < -0.39 is 22.4 Å². The van der Waals surface area contributed by atoms with Gasteiger partial charge in [-0.15, -0.1) is 0 Å². The van der Waals surface area contributed by atoms with Crippen molar-refractivity contribution in [2.24, 2.45) is 5.92 Å². The van der Waals surface area contributed by atoms with Crippen LogP contribution in [0.5, 0.6) is 0 Å². The number of carbonyl (C=O) groups excluding carboxylic acids is 3. The van der Waals surface area contributed by atoms with Crippen LogP contribution in [0, 0.1) is 16.0 Å². The number of nitro benzene ring substituents is 1. The summed E-state index contributed by atoms with van der Waals surface area (Å²) in [6.07, 6.45) is -0.0357. The Kier molecular flexibility index (Phi) is 4.73. The molecule has 122 valence electrons. The SMILES string of the molecule is CC(C)CNC(=O)CCN1C(=O)c2cccc([N+](=O)[O-])c2C1=O. The van der Waals surface area contributed by atoms with Crippen LogP contribution in [-0.4, -0.2) is 40.6 Å².